The summed E-state index contributed by atoms with van der Waals surface area (Å²) >= 11 is 0. The first kappa shape index (κ1) is 13.7. The van der Waals surface area contributed by atoms with Gasteiger partial charge in [-0.25, -0.2) is 5.84 Å². The van der Waals surface area contributed by atoms with Gasteiger partial charge in [0, 0.05) is 13.1 Å². The molecule has 0 bridgehead atoms. The first-order valence-electron chi connectivity index (χ1n) is 6.09. The second-order valence-corrected chi connectivity index (χ2v) is 3.94. The van der Waals surface area contributed by atoms with E-state index in [2.05, 4.69) is 20.4 Å². The number of ether oxygens (including phenoxy) is 2. The van der Waals surface area contributed by atoms with Crippen LogP contribution in [0, 0.1) is 0 Å². The van der Waals surface area contributed by atoms with E-state index in [0.29, 0.717) is 32.3 Å². The molecule has 1 aliphatic heterocycles. The topological polar surface area (TPSA) is 119 Å². The molecule has 1 aromatic rings. The van der Waals surface area contributed by atoms with Crippen LogP contribution in [0.5, 0.6) is 6.01 Å². The average molecular weight is 270 g/mol. The van der Waals surface area contributed by atoms with Crippen LogP contribution in [0.4, 0.5) is 11.9 Å². The quantitative estimate of drug-likeness (QED) is 0.445. The molecule has 1 saturated heterocycles. The molecule has 0 aromatic carbocycles. The molecule has 1 aromatic heterocycles. The van der Waals surface area contributed by atoms with Gasteiger partial charge in [0.1, 0.15) is 0 Å². The minimum absolute atomic E-state index is 0.0398. The highest BCUT2D eigenvalue weighted by atomic mass is 16.5. The number of nitrogen functional groups attached to an aromatic ring is 1. The van der Waals surface area contributed by atoms with E-state index in [9.17, 15) is 0 Å². The molecular formula is C10H18N6O3. The van der Waals surface area contributed by atoms with E-state index in [1.54, 1.807) is 0 Å². The van der Waals surface area contributed by atoms with Crippen LogP contribution in [-0.2, 0) is 4.74 Å². The summed E-state index contributed by atoms with van der Waals surface area (Å²) in [5.74, 6) is 6.01. The van der Waals surface area contributed by atoms with Gasteiger partial charge in [-0.1, -0.05) is 0 Å². The van der Waals surface area contributed by atoms with Crippen molar-refractivity contribution in [3.8, 4) is 6.01 Å². The Morgan fingerprint density at radius 1 is 1.53 bits per heavy atom. The van der Waals surface area contributed by atoms with Crippen LogP contribution in [0.1, 0.15) is 6.92 Å². The molecule has 9 nitrogen and oxygen atoms in total. The second kappa shape index (κ2) is 6.45. The molecule has 106 valence electrons. The van der Waals surface area contributed by atoms with Crippen LogP contribution in [0.2, 0.25) is 0 Å². The monoisotopic (exact) mass is 270 g/mol. The summed E-state index contributed by atoms with van der Waals surface area (Å²) in [6.45, 7) is 3.91. The maximum atomic E-state index is 9.13. The van der Waals surface area contributed by atoms with Gasteiger partial charge in [-0.05, 0) is 6.92 Å². The number of anilines is 2. The van der Waals surface area contributed by atoms with Crippen molar-refractivity contribution in [2.75, 3.05) is 43.2 Å². The van der Waals surface area contributed by atoms with Gasteiger partial charge in [0.25, 0.3) is 0 Å². The smallest absolute Gasteiger partial charge is 0.323 e. The lowest BCUT2D eigenvalue weighted by Crippen LogP contribution is -2.45. The van der Waals surface area contributed by atoms with E-state index in [1.807, 2.05) is 11.8 Å². The number of aliphatic hydroxyl groups is 1. The highest BCUT2D eigenvalue weighted by Crippen LogP contribution is 2.17. The van der Waals surface area contributed by atoms with E-state index in [-0.39, 0.29) is 24.7 Å². The van der Waals surface area contributed by atoms with Crippen molar-refractivity contribution in [2.24, 2.45) is 5.84 Å². The Hall–Kier alpha value is -1.71. The molecule has 19 heavy (non-hydrogen) atoms. The van der Waals surface area contributed by atoms with Crippen LogP contribution in [0.25, 0.3) is 0 Å². The number of hydrogen-bond acceptors (Lipinski definition) is 9. The number of morpholine rings is 1. The van der Waals surface area contributed by atoms with E-state index < -0.39 is 0 Å². The highest BCUT2D eigenvalue weighted by Gasteiger charge is 2.23. The van der Waals surface area contributed by atoms with Crippen molar-refractivity contribution in [3.63, 3.8) is 0 Å². The molecule has 0 spiro atoms. The average Bonchev–Trinajstić information content (AvgIpc) is 2.47. The largest absolute Gasteiger partial charge is 0.464 e. The number of aromatic nitrogens is 3. The number of nitrogens with zero attached hydrogens (tertiary/aromatic N) is 4. The third-order valence-corrected chi connectivity index (χ3v) is 2.63. The minimum atomic E-state index is -0.240. The van der Waals surface area contributed by atoms with E-state index in [0.717, 1.165) is 0 Å². The summed E-state index contributed by atoms with van der Waals surface area (Å²) < 4.78 is 10.6. The predicted molar refractivity (Wildman–Crippen MR) is 67.8 cm³/mol. The fourth-order valence-electron chi connectivity index (χ4n) is 1.76. The molecule has 0 saturated carbocycles. The normalized spacial score (nSPS) is 19.3. The Bertz CT molecular complexity index is 418. The first-order valence-corrected chi connectivity index (χ1v) is 6.09. The van der Waals surface area contributed by atoms with E-state index >= 15 is 0 Å². The molecule has 1 unspecified atom stereocenters. The lowest BCUT2D eigenvalue weighted by molar-refractivity contribution is 0.00310. The molecule has 1 fully saturated rings. The van der Waals surface area contributed by atoms with Crippen LogP contribution in [0.15, 0.2) is 0 Å². The van der Waals surface area contributed by atoms with Gasteiger partial charge in [-0.15, -0.1) is 0 Å². The number of nitrogens with two attached hydrogens (primary N) is 1. The predicted octanol–water partition coefficient (Wildman–Crippen LogP) is -1.25. The lowest BCUT2D eigenvalue weighted by Gasteiger charge is -2.32. The number of nitrogens with one attached hydrogen (secondary N) is 1. The van der Waals surface area contributed by atoms with Crippen LogP contribution < -0.4 is 20.9 Å². The van der Waals surface area contributed by atoms with Crippen LogP contribution in [-0.4, -0.2) is 59.1 Å². The minimum Gasteiger partial charge on any atom is -0.464 e. The van der Waals surface area contributed by atoms with Crippen molar-refractivity contribution < 1.29 is 14.6 Å². The first-order chi connectivity index (χ1) is 9.26. The van der Waals surface area contributed by atoms with Gasteiger partial charge < -0.3 is 19.5 Å². The van der Waals surface area contributed by atoms with E-state index in [1.165, 1.54) is 0 Å². The standard InChI is InChI=1S/C10H18N6O3/c1-2-18-10-13-8(15-11)12-9(14-10)16-3-4-19-7(5-16)6-17/h7,17H,2-6,11H2,1H3,(H,12,13,14,15). The van der Waals surface area contributed by atoms with Crippen molar-refractivity contribution >= 4 is 11.9 Å². The molecule has 4 N–H and O–H groups in total. The maximum Gasteiger partial charge on any atom is 0.323 e. The summed E-state index contributed by atoms with van der Waals surface area (Å²) in [6, 6.07) is 0.215. The van der Waals surface area contributed by atoms with Crippen molar-refractivity contribution in [3.05, 3.63) is 0 Å². The highest BCUT2D eigenvalue weighted by molar-refractivity contribution is 5.38. The van der Waals surface area contributed by atoms with Gasteiger partial charge in [-0.3, -0.25) is 5.43 Å². The zero-order chi connectivity index (χ0) is 13.7. The fraction of sp³-hybridized carbons (Fsp3) is 0.700. The Balaban J connectivity index is 2.19. The molecule has 2 heterocycles. The summed E-state index contributed by atoms with van der Waals surface area (Å²) in [5.41, 5.74) is 2.38. The second-order valence-electron chi connectivity index (χ2n) is 3.94. The number of hydrogen-bond donors (Lipinski definition) is 3. The van der Waals surface area contributed by atoms with Crippen LogP contribution >= 0.6 is 0 Å². The summed E-state index contributed by atoms with van der Waals surface area (Å²) in [4.78, 5) is 14.3. The Kier molecular flexibility index (Phi) is 4.66. The molecule has 0 aliphatic carbocycles. The van der Waals surface area contributed by atoms with Crippen molar-refractivity contribution in [1.29, 1.82) is 0 Å². The number of hydrazine groups is 1. The molecule has 1 aliphatic rings. The van der Waals surface area contributed by atoms with Gasteiger partial charge in [0.2, 0.25) is 11.9 Å². The summed E-state index contributed by atoms with van der Waals surface area (Å²) in [5, 5.41) is 9.13. The Morgan fingerprint density at radius 3 is 3.05 bits per heavy atom. The molecule has 1 atom stereocenters. The fourth-order valence-corrected chi connectivity index (χ4v) is 1.76. The number of rotatable bonds is 5. The zero-order valence-corrected chi connectivity index (χ0v) is 10.7. The third kappa shape index (κ3) is 3.40. The lowest BCUT2D eigenvalue weighted by atomic mass is 10.3. The van der Waals surface area contributed by atoms with Gasteiger partial charge >= 0.3 is 6.01 Å². The Morgan fingerprint density at radius 2 is 2.37 bits per heavy atom. The Labute approximate surface area is 110 Å². The van der Waals surface area contributed by atoms with Crippen LogP contribution in [0.3, 0.4) is 0 Å². The van der Waals surface area contributed by atoms with Gasteiger partial charge in [0.05, 0.1) is 25.9 Å². The van der Waals surface area contributed by atoms with E-state index in [4.69, 9.17) is 20.4 Å². The molecule has 9 heteroatoms. The molecule has 0 radical (unpaired) electrons. The molecule has 0 amide bonds. The SMILES string of the molecule is CCOc1nc(NN)nc(N2CCOC(CO)C2)n1. The zero-order valence-electron chi connectivity index (χ0n) is 10.7. The summed E-state index contributed by atoms with van der Waals surface area (Å²) in [6.07, 6.45) is -0.240. The molecule has 2 rings (SSSR count). The molecular weight excluding hydrogens is 252 g/mol. The van der Waals surface area contributed by atoms with Gasteiger partial charge in [0.15, 0.2) is 0 Å². The third-order valence-electron chi connectivity index (χ3n) is 2.63. The maximum absolute atomic E-state index is 9.13. The number of aliphatic hydroxyl groups excluding tert-OH is 1. The van der Waals surface area contributed by atoms with Crippen molar-refractivity contribution in [1.82, 2.24) is 15.0 Å². The van der Waals surface area contributed by atoms with Crippen molar-refractivity contribution in [2.45, 2.75) is 13.0 Å². The van der Waals surface area contributed by atoms with Gasteiger partial charge in [-0.2, -0.15) is 15.0 Å². The summed E-state index contributed by atoms with van der Waals surface area (Å²) in [7, 11) is 0.